The van der Waals surface area contributed by atoms with E-state index in [1.165, 1.54) is 25.3 Å². The molecule has 2 fully saturated rings. The summed E-state index contributed by atoms with van der Waals surface area (Å²) in [7, 11) is 1.99. The lowest BCUT2D eigenvalue weighted by atomic mass is 9.92. The molecule has 2 aromatic rings. The van der Waals surface area contributed by atoms with Crippen molar-refractivity contribution >= 4 is 11.0 Å². The van der Waals surface area contributed by atoms with Crippen LogP contribution >= 0.6 is 0 Å². The van der Waals surface area contributed by atoms with Gasteiger partial charge in [0.2, 0.25) is 0 Å². The second-order valence-corrected chi connectivity index (χ2v) is 6.08. The first-order valence-corrected chi connectivity index (χ1v) is 7.11. The molecule has 4 rings (SSSR count). The van der Waals surface area contributed by atoms with Gasteiger partial charge in [0.1, 0.15) is 17.2 Å². The molecule has 0 saturated heterocycles. The van der Waals surface area contributed by atoms with Crippen molar-refractivity contribution in [2.45, 2.75) is 25.3 Å². The van der Waals surface area contributed by atoms with E-state index < -0.39 is 0 Å². The van der Waals surface area contributed by atoms with E-state index in [9.17, 15) is 4.39 Å². The molecule has 0 spiro atoms. The summed E-state index contributed by atoms with van der Waals surface area (Å²) in [5.41, 5.74) is 0.778. The van der Waals surface area contributed by atoms with Crippen LogP contribution in [0.5, 0.6) is 0 Å². The lowest BCUT2D eigenvalue weighted by Gasteiger charge is -2.22. The fourth-order valence-corrected chi connectivity index (χ4v) is 3.83. The second-order valence-electron chi connectivity index (χ2n) is 6.08. The molecule has 3 unspecified atom stereocenters. The van der Waals surface area contributed by atoms with Crippen molar-refractivity contribution < 1.29 is 8.81 Å². The molecular weight excluding hydrogens is 241 g/mol. The van der Waals surface area contributed by atoms with Gasteiger partial charge < -0.3 is 9.73 Å². The Morgan fingerprint density at radius 2 is 2.00 bits per heavy atom. The maximum absolute atomic E-state index is 13.2. The van der Waals surface area contributed by atoms with E-state index in [1.54, 1.807) is 12.1 Å². The van der Waals surface area contributed by atoms with Crippen LogP contribution in [0.1, 0.15) is 31.1 Å². The molecule has 2 aliphatic carbocycles. The lowest BCUT2D eigenvalue weighted by Crippen LogP contribution is -2.24. The van der Waals surface area contributed by atoms with Crippen LogP contribution in [-0.4, -0.2) is 7.05 Å². The summed E-state index contributed by atoms with van der Waals surface area (Å²) >= 11 is 0. The highest BCUT2D eigenvalue weighted by Crippen LogP contribution is 2.57. The highest BCUT2D eigenvalue weighted by atomic mass is 19.1. The minimum Gasteiger partial charge on any atom is -0.459 e. The summed E-state index contributed by atoms with van der Waals surface area (Å²) in [4.78, 5) is 0. The summed E-state index contributed by atoms with van der Waals surface area (Å²) < 4.78 is 19.1. The molecule has 0 radical (unpaired) electrons. The van der Waals surface area contributed by atoms with Gasteiger partial charge in [0.25, 0.3) is 0 Å². The maximum Gasteiger partial charge on any atom is 0.134 e. The minimum atomic E-state index is -0.206. The molecule has 100 valence electrons. The van der Waals surface area contributed by atoms with E-state index in [0.717, 1.165) is 28.6 Å². The first kappa shape index (κ1) is 11.5. The van der Waals surface area contributed by atoms with Gasteiger partial charge in [-0.1, -0.05) is 0 Å². The van der Waals surface area contributed by atoms with Crippen LogP contribution < -0.4 is 5.32 Å². The highest BCUT2D eigenvalue weighted by Gasteiger charge is 2.48. The average Bonchev–Trinajstić information content (AvgIpc) is 2.84. The van der Waals surface area contributed by atoms with E-state index in [2.05, 4.69) is 5.32 Å². The predicted molar refractivity (Wildman–Crippen MR) is 72.3 cm³/mol. The maximum atomic E-state index is 13.2. The predicted octanol–water partition coefficient (Wildman–Crippen LogP) is 3.88. The van der Waals surface area contributed by atoms with Gasteiger partial charge in [-0.25, -0.2) is 4.39 Å². The highest BCUT2D eigenvalue weighted by molar-refractivity contribution is 5.78. The standard InChI is InChI=1S/C16H18FNO/c1-18-16(12-5-9-4-10(9)6-12)15-8-11-7-13(17)2-3-14(11)19-15/h2-3,7-10,12,16,18H,4-6H2,1H3. The summed E-state index contributed by atoms with van der Waals surface area (Å²) in [5.74, 6) is 3.34. The number of benzene rings is 1. The third kappa shape index (κ3) is 1.88. The number of halogens is 1. The van der Waals surface area contributed by atoms with Crippen LogP contribution in [0.4, 0.5) is 4.39 Å². The Morgan fingerprint density at radius 1 is 1.21 bits per heavy atom. The number of rotatable bonds is 3. The molecule has 1 aromatic carbocycles. The normalized spacial score (nSPS) is 30.5. The van der Waals surface area contributed by atoms with Gasteiger partial charge in [0.15, 0.2) is 0 Å². The Hall–Kier alpha value is -1.35. The zero-order valence-electron chi connectivity index (χ0n) is 11.0. The van der Waals surface area contributed by atoms with Crippen LogP contribution in [0.15, 0.2) is 28.7 Å². The second kappa shape index (κ2) is 4.07. The zero-order chi connectivity index (χ0) is 13.0. The zero-order valence-corrected chi connectivity index (χ0v) is 11.0. The topological polar surface area (TPSA) is 25.2 Å². The van der Waals surface area contributed by atoms with E-state index in [1.807, 2.05) is 13.1 Å². The van der Waals surface area contributed by atoms with Crippen LogP contribution in [0.3, 0.4) is 0 Å². The first-order valence-electron chi connectivity index (χ1n) is 7.11. The third-order valence-corrected chi connectivity index (χ3v) is 4.87. The van der Waals surface area contributed by atoms with Crippen molar-refractivity contribution in [2.75, 3.05) is 7.05 Å². The van der Waals surface area contributed by atoms with Crippen molar-refractivity contribution in [1.29, 1.82) is 0 Å². The average molecular weight is 259 g/mol. The number of nitrogens with one attached hydrogen (secondary N) is 1. The molecule has 1 heterocycles. The van der Waals surface area contributed by atoms with Crippen LogP contribution in [-0.2, 0) is 0 Å². The fraction of sp³-hybridized carbons (Fsp3) is 0.500. The van der Waals surface area contributed by atoms with Crippen LogP contribution in [0.25, 0.3) is 11.0 Å². The number of hydrogen-bond acceptors (Lipinski definition) is 2. The van der Waals surface area contributed by atoms with Gasteiger partial charge in [-0.3, -0.25) is 0 Å². The molecule has 2 aliphatic rings. The molecule has 0 aliphatic heterocycles. The number of hydrogen-bond donors (Lipinski definition) is 1. The Balaban J connectivity index is 1.67. The van der Waals surface area contributed by atoms with Gasteiger partial charge in [-0.2, -0.15) is 0 Å². The summed E-state index contributed by atoms with van der Waals surface area (Å²) in [6.07, 6.45) is 4.04. The molecule has 3 heteroatoms. The SMILES string of the molecule is CNC(c1cc2cc(F)ccc2o1)C1CC2CC2C1. The van der Waals surface area contributed by atoms with Crippen molar-refractivity contribution in [3.05, 3.63) is 35.8 Å². The van der Waals surface area contributed by atoms with Gasteiger partial charge >= 0.3 is 0 Å². The van der Waals surface area contributed by atoms with E-state index in [-0.39, 0.29) is 11.9 Å². The van der Waals surface area contributed by atoms with Gasteiger partial charge in [0, 0.05) is 5.39 Å². The minimum absolute atomic E-state index is 0.206. The Labute approximate surface area is 112 Å². The molecular formula is C16H18FNO. The fourth-order valence-electron chi connectivity index (χ4n) is 3.83. The Bertz CT molecular complexity index is 610. The van der Waals surface area contributed by atoms with Gasteiger partial charge in [-0.05, 0) is 68.3 Å². The van der Waals surface area contributed by atoms with E-state index >= 15 is 0 Å². The summed E-state index contributed by atoms with van der Waals surface area (Å²) in [5, 5.41) is 4.25. The molecule has 3 atom stereocenters. The Morgan fingerprint density at radius 3 is 2.74 bits per heavy atom. The van der Waals surface area contributed by atoms with E-state index in [4.69, 9.17) is 4.42 Å². The molecule has 2 saturated carbocycles. The monoisotopic (exact) mass is 259 g/mol. The quantitative estimate of drug-likeness (QED) is 0.905. The molecule has 1 N–H and O–H groups in total. The van der Waals surface area contributed by atoms with Crippen molar-refractivity contribution in [3.8, 4) is 0 Å². The van der Waals surface area contributed by atoms with Crippen molar-refractivity contribution in [3.63, 3.8) is 0 Å². The molecule has 0 amide bonds. The lowest BCUT2D eigenvalue weighted by molar-refractivity contribution is 0.316. The largest absolute Gasteiger partial charge is 0.459 e. The third-order valence-electron chi connectivity index (χ3n) is 4.87. The molecule has 1 aromatic heterocycles. The van der Waals surface area contributed by atoms with Gasteiger partial charge in [0.05, 0.1) is 6.04 Å². The summed E-state index contributed by atoms with van der Waals surface area (Å²) in [6, 6.07) is 6.97. The van der Waals surface area contributed by atoms with Crippen molar-refractivity contribution in [1.82, 2.24) is 5.32 Å². The molecule has 19 heavy (non-hydrogen) atoms. The first-order chi connectivity index (χ1) is 9.24. The number of fused-ring (bicyclic) bond motifs is 2. The van der Waals surface area contributed by atoms with Crippen LogP contribution in [0, 0.1) is 23.6 Å². The molecule has 0 bridgehead atoms. The summed E-state index contributed by atoms with van der Waals surface area (Å²) in [6.45, 7) is 0. The Kier molecular flexibility index (Phi) is 2.46. The van der Waals surface area contributed by atoms with E-state index in [0.29, 0.717) is 5.92 Å². The number of furan rings is 1. The van der Waals surface area contributed by atoms with Crippen LogP contribution in [0.2, 0.25) is 0 Å². The smallest absolute Gasteiger partial charge is 0.134 e. The molecule has 2 nitrogen and oxygen atoms in total. The van der Waals surface area contributed by atoms with Crippen molar-refractivity contribution in [2.24, 2.45) is 17.8 Å². The van der Waals surface area contributed by atoms with Gasteiger partial charge in [-0.15, -0.1) is 0 Å².